The predicted octanol–water partition coefficient (Wildman–Crippen LogP) is 3.63. The van der Waals surface area contributed by atoms with Crippen LogP contribution in [0.4, 0.5) is 0 Å². The fraction of sp³-hybridized carbons (Fsp3) is 0.0952. The van der Waals surface area contributed by atoms with Crippen molar-refractivity contribution in [2.24, 2.45) is 0 Å². The van der Waals surface area contributed by atoms with Crippen LogP contribution in [0.15, 0.2) is 77.9 Å². The number of rotatable bonds is 4. The summed E-state index contributed by atoms with van der Waals surface area (Å²) in [6.45, 7) is 1.68. The van der Waals surface area contributed by atoms with Crippen LogP contribution in [0.2, 0.25) is 0 Å². The summed E-state index contributed by atoms with van der Waals surface area (Å²) in [5.41, 5.74) is 1.59. The number of esters is 1. The number of nitrogens with zero attached hydrogens (tertiary/aromatic N) is 2. The maximum Gasteiger partial charge on any atom is 0.338 e. The summed E-state index contributed by atoms with van der Waals surface area (Å²) < 4.78 is 7.42. The maximum atomic E-state index is 12.5. The van der Waals surface area contributed by atoms with Crippen LogP contribution < -0.4 is 5.56 Å². The summed E-state index contributed by atoms with van der Waals surface area (Å²) in [4.78, 5) is 31.8. The number of fused-ring (bicyclic) bond motifs is 1. The monoisotopic (exact) mass is 359 g/mol. The molecule has 0 aliphatic rings. The highest BCUT2D eigenvalue weighted by Crippen LogP contribution is 2.18. The van der Waals surface area contributed by atoms with Gasteiger partial charge in [0, 0.05) is 18.1 Å². The van der Waals surface area contributed by atoms with E-state index >= 15 is 0 Å². The first-order valence-corrected chi connectivity index (χ1v) is 8.55. The molecule has 2 heterocycles. The van der Waals surface area contributed by atoms with E-state index < -0.39 is 12.1 Å². The molecule has 4 aromatic rings. The van der Waals surface area contributed by atoms with Gasteiger partial charge >= 0.3 is 5.97 Å². The Balaban J connectivity index is 1.58. The molecule has 2 aromatic heterocycles. The van der Waals surface area contributed by atoms with Crippen molar-refractivity contribution < 1.29 is 9.53 Å². The van der Waals surface area contributed by atoms with Gasteiger partial charge in [0.05, 0.1) is 16.5 Å². The van der Waals surface area contributed by atoms with Crippen LogP contribution in [0, 0.1) is 0 Å². The van der Waals surface area contributed by atoms with Crippen molar-refractivity contribution in [3.8, 4) is 5.69 Å². The molecular weight excluding hydrogens is 342 g/mol. The lowest BCUT2D eigenvalue weighted by Crippen LogP contribution is -2.17. The van der Waals surface area contributed by atoms with E-state index in [-0.39, 0.29) is 5.56 Å². The lowest BCUT2D eigenvalue weighted by molar-refractivity contribution is 0.0320. The summed E-state index contributed by atoms with van der Waals surface area (Å²) >= 11 is 0. The quantitative estimate of drug-likeness (QED) is 0.565. The van der Waals surface area contributed by atoms with Gasteiger partial charge in [-0.05, 0) is 49.4 Å². The largest absolute Gasteiger partial charge is 0.451 e. The van der Waals surface area contributed by atoms with Gasteiger partial charge in [0.25, 0.3) is 5.56 Å². The van der Waals surface area contributed by atoms with Crippen LogP contribution in [0.3, 0.4) is 0 Å². The minimum absolute atomic E-state index is 0.256. The third-order valence-electron chi connectivity index (χ3n) is 4.28. The van der Waals surface area contributed by atoms with Gasteiger partial charge in [-0.25, -0.2) is 9.78 Å². The Kier molecular flexibility index (Phi) is 4.30. The molecule has 1 N–H and O–H groups in total. The molecule has 0 spiro atoms. The molecular formula is C21H17N3O3. The smallest absolute Gasteiger partial charge is 0.338 e. The number of nitrogens with one attached hydrogen (secondary N) is 1. The van der Waals surface area contributed by atoms with Gasteiger partial charge in [-0.3, -0.25) is 4.79 Å². The molecule has 0 aliphatic heterocycles. The van der Waals surface area contributed by atoms with Crippen LogP contribution in [-0.2, 0) is 4.74 Å². The zero-order valence-electron chi connectivity index (χ0n) is 14.6. The van der Waals surface area contributed by atoms with Crippen LogP contribution in [0.5, 0.6) is 0 Å². The average Bonchev–Trinajstić information content (AvgIpc) is 3.23. The molecule has 27 heavy (non-hydrogen) atoms. The molecule has 4 rings (SSSR count). The number of ether oxygens (including phenoxy) is 1. The number of aromatic nitrogens is 3. The lowest BCUT2D eigenvalue weighted by Gasteiger charge is -2.13. The summed E-state index contributed by atoms with van der Waals surface area (Å²) in [7, 11) is 0. The Morgan fingerprint density at radius 2 is 1.85 bits per heavy atom. The first-order chi connectivity index (χ1) is 13.1. The van der Waals surface area contributed by atoms with E-state index in [2.05, 4.69) is 9.97 Å². The Morgan fingerprint density at radius 1 is 1.07 bits per heavy atom. The summed E-state index contributed by atoms with van der Waals surface area (Å²) in [6.07, 6.45) is 3.11. The first kappa shape index (κ1) is 16.8. The number of carbonyl (C=O) groups is 1. The van der Waals surface area contributed by atoms with Crippen LogP contribution in [-0.4, -0.2) is 20.5 Å². The molecule has 0 unspecified atom stereocenters. The topological polar surface area (TPSA) is 77.0 Å². The number of H-pyrrole nitrogens is 1. The van der Waals surface area contributed by atoms with Crippen molar-refractivity contribution >= 4 is 16.9 Å². The van der Waals surface area contributed by atoms with Crippen molar-refractivity contribution in [1.82, 2.24) is 14.5 Å². The summed E-state index contributed by atoms with van der Waals surface area (Å²) in [5, 5.41) is 0.499. The first-order valence-electron chi connectivity index (χ1n) is 8.55. The number of hydrogen-bond donors (Lipinski definition) is 1. The molecule has 0 fully saturated rings. The number of para-hydroxylation sites is 1. The van der Waals surface area contributed by atoms with E-state index in [9.17, 15) is 9.59 Å². The fourth-order valence-electron chi connectivity index (χ4n) is 2.88. The molecule has 0 aliphatic carbocycles. The second kappa shape index (κ2) is 6.92. The number of aromatic amines is 1. The normalized spacial score (nSPS) is 12.0. The van der Waals surface area contributed by atoms with Gasteiger partial charge in [0.15, 0.2) is 11.9 Å². The van der Waals surface area contributed by atoms with Gasteiger partial charge < -0.3 is 14.3 Å². The van der Waals surface area contributed by atoms with Crippen molar-refractivity contribution in [2.75, 3.05) is 0 Å². The van der Waals surface area contributed by atoms with Crippen LogP contribution in [0.1, 0.15) is 29.2 Å². The van der Waals surface area contributed by atoms with E-state index in [0.717, 1.165) is 5.69 Å². The third kappa shape index (κ3) is 3.37. The summed E-state index contributed by atoms with van der Waals surface area (Å²) in [5.74, 6) is -0.166. The van der Waals surface area contributed by atoms with Gasteiger partial charge in [0.2, 0.25) is 0 Å². The molecule has 0 saturated carbocycles. The number of hydrogen-bond acceptors (Lipinski definition) is 4. The third-order valence-corrected chi connectivity index (χ3v) is 4.28. The van der Waals surface area contributed by atoms with E-state index in [1.807, 2.05) is 41.2 Å². The highest BCUT2D eigenvalue weighted by Gasteiger charge is 2.17. The fourth-order valence-corrected chi connectivity index (χ4v) is 2.88. The zero-order valence-corrected chi connectivity index (χ0v) is 14.6. The highest BCUT2D eigenvalue weighted by molar-refractivity contribution is 5.90. The van der Waals surface area contributed by atoms with E-state index in [1.54, 1.807) is 43.3 Å². The van der Waals surface area contributed by atoms with E-state index in [1.165, 1.54) is 0 Å². The predicted molar refractivity (Wildman–Crippen MR) is 102 cm³/mol. The highest BCUT2D eigenvalue weighted by atomic mass is 16.5. The minimum atomic E-state index is -0.690. The van der Waals surface area contributed by atoms with Gasteiger partial charge in [-0.15, -0.1) is 0 Å². The summed E-state index contributed by atoms with van der Waals surface area (Å²) in [6, 6.07) is 18.0. The molecule has 0 saturated heterocycles. The molecule has 0 radical (unpaired) electrons. The Bertz CT molecular complexity index is 1160. The molecule has 2 aromatic carbocycles. The Hall–Kier alpha value is -3.67. The van der Waals surface area contributed by atoms with Crippen molar-refractivity contribution in [2.45, 2.75) is 13.0 Å². The number of carbonyl (C=O) groups excluding carboxylic acids is 1. The van der Waals surface area contributed by atoms with Gasteiger partial charge in [-0.2, -0.15) is 0 Å². The van der Waals surface area contributed by atoms with E-state index in [0.29, 0.717) is 22.3 Å². The SMILES string of the molecule is C[C@@H](OC(=O)c1cccc(-n2cccc2)c1)c1nc2ccccc2c(=O)[nH]1. The molecule has 134 valence electrons. The van der Waals surface area contributed by atoms with Crippen molar-refractivity contribution in [3.05, 3.63) is 94.8 Å². The Labute approximate surface area is 155 Å². The van der Waals surface area contributed by atoms with Crippen molar-refractivity contribution in [1.29, 1.82) is 0 Å². The lowest BCUT2D eigenvalue weighted by atomic mass is 10.2. The average molecular weight is 359 g/mol. The standard InChI is InChI=1S/C21H17N3O3/c1-14(19-22-18-10-3-2-9-17(18)20(25)23-19)27-21(26)15-7-6-8-16(13-15)24-11-4-5-12-24/h2-14H,1H3,(H,22,23,25)/t14-/m1/s1. The minimum Gasteiger partial charge on any atom is -0.451 e. The Morgan fingerprint density at radius 3 is 2.67 bits per heavy atom. The molecule has 0 amide bonds. The maximum absolute atomic E-state index is 12.5. The molecule has 1 atom stereocenters. The second-order valence-corrected chi connectivity index (χ2v) is 6.16. The van der Waals surface area contributed by atoms with Crippen molar-refractivity contribution in [3.63, 3.8) is 0 Å². The second-order valence-electron chi connectivity index (χ2n) is 6.16. The number of benzene rings is 2. The molecule has 6 heteroatoms. The van der Waals surface area contributed by atoms with Gasteiger partial charge in [0.1, 0.15) is 0 Å². The molecule has 0 bridgehead atoms. The zero-order chi connectivity index (χ0) is 18.8. The van der Waals surface area contributed by atoms with Gasteiger partial charge in [-0.1, -0.05) is 18.2 Å². The van der Waals surface area contributed by atoms with Crippen LogP contribution >= 0.6 is 0 Å². The van der Waals surface area contributed by atoms with Crippen LogP contribution in [0.25, 0.3) is 16.6 Å². The molecule has 6 nitrogen and oxygen atoms in total. The van der Waals surface area contributed by atoms with E-state index in [4.69, 9.17) is 4.74 Å².